The molecule has 0 fully saturated rings. The van der Waals surface area contributed by atoms with Gasteiger partial charge in [-0.05, 0) is 56.2 Å². The maximum absolute atomic E-state index is 13.9. The maximum Gasteiger partial charge on any atom is 0.300 e. The van der Waals surface area contributed by atoms with Crippen LogP contribution in [0.15, 0.2) is 67.7 Å². The number of anilines is 1. The van der Waals surface area contributed by atoms with Crippen molar-refractivity contribution in [2.75, 3.05) is 32.0 Å². The topological polar surface area (TPSA) is 184 Å². The summed E-state index contributed by atoms with van der Waals surface area (Å²) in [5.74, 6) is -0.851. The van der Waals surface area contributed by atoms with Gasteiger partial charge in [-0.1, -0.05) is 32.0 Å². The first-order valence-corrected chi connectivity index (χ1v) is 17.6. The van der Waals surface area contributed by atoms with Crippen LogP contribution < -0.4 is 10.7 Å². The zero-order chi connectivity index (χ0) is 34.0. The number of hydrogen-bond donors (Lipinski definition) is 3. The van der Waals surface area contributed by atoms with Crippen molar-refractivity contribution in [3.8, 4) is 22.5 Å². The van der Waals surface area contributed by atoms with Crippen molar-refractivity contribution in [3.05, 3.63) is 59.5 Å². The summed E-state index contributed by atoms with van der Waals surface area (Å²) < 4.78 is 78.0. The van der Waals surface area contributed by atoms with Gasteiger partial charge in [-0.3, -0.25) is 23.7 Å². The first-order chi connectivity index (χ1) is 21.6. The Morgan fingerprint density at radius 3 is 2.22 bits per heavy atom. The van der Waals surface area contributed by atoms with Crippen LogP contribution in [-0.4, -0.2) is 69.2 Å². The number of carbonyl (C=O) groups excluding carboxylic acids is 2. The molecule has 2 aromatic rings. The van der Waals surface area contributed by atoms with Gasteiger partial charge >= 0.3 is 0 Å². The lowest BCUT2D eigenvalue weighted by atomic mass is 9.90. The van der Waals surface area contributed by atoms with Gasteiger partial charge in [0.25, 0.3) is 26.1 Å². The number of benzene rings is 3. The standard InChI is InChI=1S/C32H37N3O9S2/c1-6-33-24-16-14-22-27(20-11-8-9-12-21(20)32(37)35(5)18-10-13-26(36)19(3)4)23-15-17-25(34-7-2)31(46(41,42)43)29(23)44-28(22)30(24)45(38,39)40/h8-9,11-12,14-17,19,33H,6-7,10,13,18H2,1-5H3,(H,38,39,40)(H,41,42,43). The highest BCUT2D eigenvalue weighted by Crippen LogP contribution is 2.46. The Morgan fingerprint density at radius 1 is 0.935 bits per heavy atom. The number of carbonyl (C=O) groups is 2. The van der Waals surface area contributed by atoms with Gasteiger partial charge in [-0.2, -0.15) is 16.8 Å². The van der Waals surface area contributed by atoms with Gasteiger partial charge in [0.05, 0.1) is 11.0 Å². The Balaban J connectivity index is 2.11. The van der Waals surface area contributed by atoms with Gasteiger partial charge in [0.2, 0.25) is 0 Å². The molecule has 0 unspecified atom stereocenters. The van der Waals surface area contributed by atoms with Gasteiger partial charge in [0.1, 0.15) is 5.78 Å². The van der Waals surface area contributed by atoms with Gasteiger partial charge in [0, 0.05) is 61.1 Å². The number of hydrogen-bond acceptors (Lipinski definition) is 9. The molecule has 2 aliphatic rings. The van der Waals surface area contributed by atoms with Gasteiger partial charge in [0.15, 0.2) is 21.1 Å². The van der Waals surface area contributed by atoms with Gasteiger partial charge < -0.3 is 14.6 Å². The van der Waals surface area contributed by atoms with Crippen LogP contribution >= 0.6 is 0 Å². The molecule has 0 bridgehead atoms. The van der Waals surface area contributed by atoms with Gasteiger partial charge in [-0.25, -0.2) is 0 Å². The van der Waals surface area contributed by atoms with E-state index in [1.54, 1.807) is 51.2 Å². The Bertz CT molecular complexity index is 2070. The van der Waals surface area contributed by atoms with E-state index in [1.807, 2.05) is 13.8 Å². The molecule has 1 aliphatic carbocycles. The monoisotopic (exact) mass is 671 g/mol. The minimum absolute atomic E-state index is 0.00519. The molecule has 3 N–H and O–H groups in total. The lowest BCUT2D eigenvalue weighted by Crippen LogP contribution is -2.28. The SMILES string of the molecule is CCN=c1ccc2c(-c3ccccc3C(=O)N(C)CCCC(=O)C(C)C)c3ccc(NCC)c(S(=O)(=O)O)c3oc-2c1S(=O)(=O)O. The van der Waals surface area contributed by atoms with Crippen molar-refractivity contribution < 1.29 is 39.9 Å². The fourth-order valence-electron chi connectivity index (χ4n) is 5.35. The van der Waals surface area contributed by atoms with Crippen LogP contribution in [0.1, 0.15) is 50.9 Å². The van der Waals surface area contributed by atoms with Gasteiger partial charge in [-0.15, -0.1) is 0 Å². The fraction of sp³-hybridized carbons (Fsp3) is 0.344. The van der Waals surface area contributed by atoms with E-state index in [0.29, 0.717) is 18.4 Å². The molecule has 0 radical (unpaired) electrons. The Kier molecular flexibility index (Phi) is 10.4. The van der Waals surface area contributed by atoms with E-state index in [1.165, 1.54) is 23.1 Å². The molecule has 1 aliphatic heterocycles. The summed E-state index contributed by atoms with van der Waals surface area (Å²) in [5.41, 5.74) is 0.470. The molecule has 0 atom stereocenters. The quantitative estimate of drug-likeness (QED) is 0.135. The highest BCUT2D eigenvalue weighted by Gasteiger charge is 2.32. The molecule has 0 aromatic heterocycles. The Morgan fingerprint density at radius 2 is 1.61 bits per heavy atom. The van der Waals surface area contributed by atoms with E-state index >= 15 is 0 Å². The van der Waals surface area contributed by atoms with Crippen molar-refractivity contribution >= 4 is 48.6 Å². The van der Waals surface area contributed by atoms with E-state index in [0.717, 1.165) is 0 Å². The van der Waals surface area contributed by atoms with Crippen molar-refractivity contribution in [2.24, 2.45) is 10.9 Å². The zero-order valence-corrected chi connectivity index (χ0v) is 27.8. The third-order valence-corrected chi connectivity index (χ3v) is 9.32. The molecule has 14 heteroatoms. The minimum Gasteiger partial charge on any atom is -0.453 e. The van der Waals surface area contributed by atoms with E-state index in [4.69, 9.17) is 4.42 Å². The highest BCUT2D eigenvalue weighted by molar-refractivity contribution is 7.86. The summed E-state index contributed by atoms with van der Waals surface area (Å²) in [4.78, 5) is 30.3. The predicted molar refractivity (Wildman–Crippen MR) is 174 cm³/mol. The van der Waals surface area contributed by atoms with Crippen molar-refractivity contribution in [1.82, 2.24) is 4.90 Å². The second kappa shape index (κ2) is 13.7. The van der Waals surface area contributed by atoms with Crippen LogP contribution in [0.4, 0.5) is 5.69 Å². The largest absolute Gasteiger partial charge is 0.453 e. The molecule has 46 heavy (non-hydrogen) atoms. The lowest BCUT2D eigenvalue weighted by Gasteiger charge is -2.23. The molecule has 246 valence electrons. The third-order valence-electron chi connectivity index (χ3n) is 7.49. The molecule has 4 rings (SSSR count). The molecular formula is C32H37N3O9S2. The maximum atomic E-state index is 13.9. The smallest absolute Gasteiger partial charge is 0.300 e. The molecule has 1 amide bonds. The summed E-state index contributed by atoms with van der Waals surface area (Å²) in [6.07, 6.45) is 0.756. The molecule has 0 spiro atoms. The van der Waals surface area contributed by atoms with Crippen LogP contribution in [-0.2, 0) is 25.0 Å². The molecule has 1 heterocycles. The number of amides is 1. The summed E-state index contributed by atoms with van der Waals surface area (Å²) in [6.45, 7) is 7.72. The molecular weight excluding hydrogens is 634 g/mol. The Labute approximate surface area is 268 Å². The average molecular weight is 672 g/mol. The zero-order valence-electron chi connectivity index (χ0n) is 26.2. The van der Waals surface area contributed by atoms with E-state index in [2.05, 4.69) is 10.3 Å². The van der Waals surface area contributed by atoms with Crippen LogP contribution in [0.25, 0.3) is 33.4 Å². The number of Topliss-reactive ketones (excluding diaryl/α,β-unsaturated/α-hetero) is 1. The van der Waals surface area contributed by atoms with E-state index in [9.17, 15) is 35.5 Å². The van der Waals surface area contributed by atoms with Crippen molar-refractivity contribution in [3.63, 3.8) is 0 Å². The van der Waals surface area contributed by atoms with Crippen molar-refractivity contribution in [2.45, 2.75) is 50.3 Å². The highest BCUT2D eigenvalue weighted by atomic mass is 32.2. The summed E-state index contributed by atoms with van der Waals surface area (Å²) in [7, 11) is -8.38. The van der Waals surface area contributed by atoms with Crippen molar-refractivity contribution in [1.29, 1.82) is 0 Å². The number of ketones is 1. The normalized spacial score (nSPS) is 12.7. The number of nitrogens with one attached hydrogen (secondary N) is 1. The molecule has 0 saturated carbocycles. The molecule has 12 nitrogen and oxygen atoms in total. The number of fused-ring (bicyclic) bond motifs is 2. The summed E-state index contributed by atoms with van der Waals surface area (Å²) in [5, 5.41) is 2.89. The predicted octanol–water partition coefficient (Wildman–Crippen LogP) is 5.13. The minimum atomic E-state index is -5.00. The number of rotatable bonds is 12. The first-order valence-electron chi connectivity index (χ1n) is 14.7. The van der Waals surface area contributed by atoms with Crippen LogP contribution in [0, 0.1) is 5.92 Å². The average Bonchev–Trinajstić information content (AvgIpc) is 2.98. The van der Waals surface area contributed by atoms with Crippen LogP contribution in [0.3, 0.4) is 0 Å². The molecule has 2 aromatic carbocycles. The fourth-order valence-corrected chi connectivity index (χ4v) is 6.94. The van der Waals surface area contributed by atoms with E-state index < -0.39 is 47.3 Å². The number of nitrogens with zero attached hydrogens (tertiary/aromatic N) is 2. The van der Waals surface area contributed by atoms with Crippen LogP contribution in [0.2, 0.25) is 0 Å². The van der Waals surface area contributed by atoms with Crippen LogP contribution in [0.5, 0.6) is 0 Å². The third kappa shape index (κ3) is 6.99. The first kappa shape index (κ1) is 34.8. The Hall–Kier alpha value is -4.11. The van der Waals surface area contributed by atoms with E-state index in [-0.39, 0.29) is 64.5 Å². The summed E-state index contributed by atoms with van der Waals surface area (Å²) >= 11 is 0. The lowest BCUT2D eigenvalue weighted by molar-refractivity contribution is -0.122. The summed E-state index contributed by atoms with van der Waals surface area (Å²) in [6, 6.07) is 12.4. The second-order valence-corrected chi connectivity index (χ2v) is 13.8. The second-order valence-electron chi connectivity index (χ2n) is 11.0. The molecule has 0 saturated heterocycles.